The Kier molecular flexibility index (Phi) is 7.47. The van der Waals surface area contributed by atoms with E-state index in [1.54, 1.807) is 0 Å². The maximum Gasteiger partial charge on any atom is 0.315 e. The number of carbonyl (C=O) groups excluding carboxylic acids is 4. The molecule has 0 bridgehead atoms. The smallest absolute Gasteiger partial charge is 0.315 e. The lowest BCUT2D eigenvalue weighted by Gasteiger charge is -2.36. The van der Waals surface area contributed by atoms with E-state index in [4.69, 9.17) is 0 Å². The zero-order valence-corrected chi connectivity index (χ0v) is 23.6. The Hall–Kier alpha value is -4.39. The molecule has 5 rings (SSSR count). The number of benzene rings is 2. The summed E-state index contributed by atoms with van der Waals surface area (Å²) in [4.78, 5) is 56.9. The number of anilines is 1. The number of rotatable bonds is 5. The third-order valence-electron chi connectivity index (χ3n) is 8.42. The Morgan fingerprint density at radius 3 is 2.51 bits per heavy atom. The highest BCUT2D eigenvalue weighted by molar-refractivity contribution is 6.07. The van der Waals surface area contributed by atoms with E-state index in [1.165, 1.54) is 9.80 Å². The van der Waals surface area contributed by atoms with Gasteiger partial charge in [-0.1, -0.05) is 69.3 Å². The fourth-order valence-electron chi connectivity index (χ4n) is 6.24. The minimum Gasteiger partial charge on any atom is -0.334 e. The molecule has 2 fully saturated rings. The molecular weight excluding hydrogens is 520 g/mol. The second-order valence-electron chi connectivity index (χ2n) is 12.2. The number of hydrogen-bond acceptors (Lipinski definition) is 5. The molecule has 10 nitrogen and oxygen atoms in total. The van der Waals surface area contributed by atoms with Crippen molar-refractivity contribution in [2.45, 2.75) is 70.1 Å². The van der Waals surface area contributed by atoms with E-state index >= 15 is 0 Å². The molecule has 3 N–H and O–H groups in total. The van der Waals surface area contributed by atoms with Crippen molar-refractivity contribution in [3.63, 3.8) is 0 Å². The number of fused-ring (bicyclic) bond motifs is 2. The Bertz CT molecular complexity index is 1400. The molecule has 3 heterocycles. The van der Waals surface area contributed by atoms with Crippen LogP contribution in [0.5, 0.6) is 0 Å². The van der Waals surface area contributed by atoms with Gasteiger partial charge in [0.2, 0.25) is 17.7 Å². The number of nitrogens with one attached hydrogen (secondary N) is 3. The van der Waals surface area contributed by atoms with Crippen LogP contribution < -0.4 is 16.0 Å². The van der Waals surface area contributed by atoms with Gasteiger partial charge in [0.25, 0.3) is 0 Å². The molecule has 2 saturated heterocycles. The highest BCUT2D eigenvalue weighted by Crippen LogP contribution is 2.46. The number of hydrogen-bond donors (Lipinski definition) is 3. The second kappa shape index (κ2) is 10.9. The number of urea groups is 1. The van der Waals surface area contributed by atoms with Gasteiger partial charge in [0.05, 0.1) is 11.5 Å². The van der Waals surface area contributed by atoms with Crippen LogP contribution in [0.15, 0.2) is 54.6 Å². The van der Waals surface area contributed by atoms with E-state index in [0.29, 0.717) is 31.6 Å². The van der Waals surface area contributed by atoms with E-state index in [9.17, 15) is 24.4 Å². The van der Waals surface area contributed by atoms with Crippen molar-refractivity contribution in [1.82, 2.24) is 20.4 Å². The van der Waals surface area contributed by atoms with Crippen LogP contribution in [0.3, 0.4) is 0 Å². The first-order chi connectivity index (χ1) is 19.5. The van der Waals surface area contributed by atoms with Crippen molar-refractivity contribution in [1.29, 1.82) is 5.26 Å². The molecule has 3 aliphatic rings. The SMILES string of the molecule is CC(C)(C)C(NC(=O)NCc1ccccc1)C(=O)N1CCC[C@H]1C(=O)N1C[C@]2(C[C@H]1C#N)C(=O)Nc1ccccc12. The first-order valence-electron chi connectivity index (χ1n) is 14.0. The molecule has 0 radical (unpaired) electrons. The average molecular weight is 557 g/mol. The predicted molar refractivity (Wildman–Crippen MR) is 152 cm³/mol. The predicted octanol–water partition coefficient (Wildman–Crippen LogP) is 2.91. The molecule has 5 amide bonds. The molecule has 10 heteroatoms. The summed E-state index contributed by atoms with van der Waals surface area (Å²) in [6.07, 6.45) is 1.28. The number of amides is 5. The van der Waals surface area contributed by atoms with Crippen molar-refractivity contribution in [2.75, 3.05) is 18.4 Å². The molecule has 41 heavy (non-hydrogen) atoms. The molecule has 2 aromatic rings. The summed E-state index contributed by atoms with van der Waals surface area (Å²) in [6, 6.07) is 16.1. The first-order valence-corrected chi connectivity index (χ1v) is 14.0. The standard InChI is InChI=1S/C31H36N6O4/c1-30(2,3)25(35-29(41)33-18-20-10-5-4-6-11-20)27(39)36-15-9-14-24(36)26(38)37-19-31(16-21(37)17-32)22-12-7-8-13-23(22)34-28(31)40/h4-8,10-13,21,24-25H,9,14-16,18-19H2,1-3H3,(H,34,40)(H2,33,35,41)/t21-,24-,25?,31-/m0/s1. The lowest BCUT2D eigenvalue weighted by Crippen LogP contribution is -2.59. The fourth-order valence-corrected chi connectivity index (χ4v) is 6.24. The third-order valence-corrected chi connectivity index (χ3v) is 8.42. The number of carbonyl (C=O) groups is 4. The minimum absolute atomic E-state index is 0.0777. The van der Waals surface area contributed by atoms with Crippen LogP contribution in [-0.2, 0) is 26.3 Å². The molecule has 1 spiro atoms. The van der Waals surface area contributed by atoms with Crippen molar-refractivity contribution < 1.29 is 19.2 Å². The van der Waals surface area contributed by atoms with Gasteiger partial charge in [-0.3, -0.25) is 14.4 Å². The van der Waals surface area contributed by atoms with Crippen molar-refractivity contribution >= 4 is 29.4 Å². The van der Waals surface area contributed by atoms with Gasteiger partial charge >= 0.3 is 6.03 Å². The lowest BCUT2D eigenvalue weighted by atomic mass is 9.80. The van der Waals surface area contributed by atoms with Gasteiger partial charge in [-0.2, -0.15) is 5.26 Å². The van der Waals surface area contributed by atoms with Crippen LogP contribution in [0, 0.1) is 16.7 Å². The highest BCUT2D eigenvalue weighted by atomic mass is 16.2. The molecule has 0 saturated carbocycles. The first kappa shape index (κ1) is 28.1. The van der Waals surface area contributed by atoms with Crippen LogP contribution in [-0.4, -0.2) is 64.8 Å². The van der Waals surface area contributed by atoms with Gasteiger partial charge in [0.15, 0.2) is 0 Å². The summed E-state index contributed by atoms with van der Waals surface area (Å²) < 4.78 is 0. The highest BCUT2D eigenvalue weighted by Gasteiger charge is 2.57. The molecule has 1 unspecified atom stereocenters. The molecule has 2 aromatic carbocycles. The normalized spacial score (nSPS) is 24.0. The number of likely N-dealkylation sites (tertiary alicyclic amines) is 2. The fraction of sp³-hybridized carbons (Fsp3) is 0.452. The second-order valence-corrected chi connectivity index (χ2v) is 12.2. The van der Waals surface area contributed by atoms with E-state index in [1.807, 2.05) is 75.4 Å². The average Bonchev–Trinajstić information content (AvgIpc) is 3.67. The number of nitrogens with zero attached hydrogens (tertiary/aromatic N) is 3. The largest absolute Gasteiger partial charge is 0.334 e. The lowest BCUT2D eigenvalue weighted by molar-refractivity contribution is -0.146. The Balaban J connectivity index is 1.32. The molecule has 0 aromatic heterocycles. The molecule has 0 aliphatic carbocycles. The van der Waals surface area contributed by atoms with Gasteiger partial charge in [-0.15, -0.1) is 0 Å². The Labute approximate surface area is 240 Å². The maximum absolute atomic E-state index is 14.0. The zero-order valence-electron chi connectivity index (χ0n) is 23.6. The number of para-hydroxylation sites is 1. The van der Waals surface area contributed by atoms with Crippen LogP contribution in [0.4, 0.5) is 10.5 Å². The third kappa shape index (κ3) is 5.24. The van der Waals surface area contributed by atoms with Crippen molar-refractivity contribution in [3.05, 3.63) is 65.7 Å². The van der Waals surface area contributed by atoms with E-state index in [0.717, 1.165) is 11.1 Å². The van der Waals surface area contributed by atoms with Crippen LogP contribution >= 0.6 is 0 Å². The van der Waals surface area contributed by atoms with Gasteiger partial charge in [-0.05, 0) is 35.4 Å². The maximum atomic E-state index is 14.0. The number of nitriles is 1. The molecule has 4 atom stereocenters. The minimum atomic E-state index is -0.994. The van der Waals surface area contributed by atoms with Crippen molar-refractivity contribution in [3.8, 4) is 6.07 Å². The molecule has 3 aliphatic heterocycles. The molecular formula is C31H36N6O4. The van der Waals surface area contributed by atoms with Gasteiger partial charge in [0.1, 0.15) is 18.1 Å². The summed E-state index contributed by atoms with van der Waals surface area (Å²) in [5, 5.41) is 18.5. The summed E-state index contributed by atoms with van der Waals surface area (Å²) in [7, 11) is 0. The van der Waals surface area contributed by atoms with Crippen LogP contribution in [0.2, 0.25) is 0 Å². The van der Waals surface area contributed by atoms with E-state index in [2.05, 4.69) is 22.0 Å². The van der Waals surface area contributed by atoms with Crippen LogP contribution in [0.25, 0.3) is 0 Å². The summed E-state index contributed by atoms with van der Waals surface area (Å²) in [5.41, 5.74) is 0.798. The monoisotopic (exact) mass is 556 g/mol. The summed E-state index contributed by atoms with van der Waals surface area (Å²) in [6.45, 7) is 6.36. The zero-order chi connectivity index (χ0) is 29.4. The van der Waals surface area contributed by atoms with E-state index in [-0.39, 0.29) is 30.7 Å². The van der Waals surface area contributed by atoms with E-state index < -0.39 is 35.0 Å². The van der Waals surface area contributed by atoms with Crippen molar-refractivity contribution in [2.24, 2.45) is 5.41 Å². The Morgan fingerprint density at radius 1 is 1.10 bits per heavy atom. The van der Waals surface area contributed by atoms with Crippen LogP contribution in [0.1, 0.15) is 51.2 Å². The Morgan fingerprint density at radius 2 is 1.80 bits per heavy atom. The quantitative estimate of drug-likeness (QED) is 0.521. The van der Waals surface area contributed by atoms with Gasteiger partial charge in [-0.25, -0.2) is 4.79 Å². The van der Waals surface area contributed by atoms with Gasteiger partial charge in [0, 0.05) is 31.7 Å². The summed E-state index contributed by atoms with van der Waals surface area (Å²) >= 11 is 0. The topological polar surface area (TPSA) is 135 Å². The summed E-state index contributed by atoms with van der Waals surface area (Å²) in [5.74, 6) is -0.889. The molecule has 214 valence electrons. The van der Waals surface area contributed by atoms with Gasteiger partial charge < -0.3 is 25.8 Å².